The molecule has 2 aromatic carbocycles. The molecule has 0 saturated heterocycles. The molecule has 8 heteroatoms. The van der Waals surface area contributed by atoms with Gasteiger partial charge in [-0.15, -0.1) is 0 Å². The number of alkyl halides is 1. The highest BCUT2D eigenvalue weighted by Gasteiger charge is 2.53. The van der Waals surface area contributed by atoms with Crippen molar-refractivity contribution in [2.75, 3.05) is 11.4 Å². The molecule has 2 radical (unpaired) electrons. The summed E-state index contributed by atoms with van der Waals surface area (Å²) in [6, 6.07) is 11.5. The molecule has 1 N–H and O–H groups in total. The van der Waals surface area contributed by atoms with Crippen molar-refractivity contribution in [3.8, 4) is 0 Å². The van der Waals surface area contributed by atoms with E-state index in [0.29, 0.717) is 23.0 Å². The largest absolute Gasteiger partial charge is 0.307 e. The van der Waals surface area contributed by atoms with Crippen LogP contribution in [-0.2, 0) is 15.4 Å². The predicted molar refractivity (Wildman–Crippen MR) is 130 cm³/mol. The SMILES string of the molecule is [B]c1ccc2c(c1)C1(CCC3(CC3)CC1)CN2C(=O)c1cccc(S(=O)(=O)NC2CC(F)C2)c1. The summed E-state index contributed by atoms with van der Waals surface area (Å²) in [5, 5.41) is 0. The number of fused-ring (bicyclic) bond motifs is 2. The first-order valence-corrected chi connectivity index (χ1v) is 13.7. The van der Waals surface area contributed by atoms with Gasteiger partial charge in [0.2, 0.25) is 10.0 Å². The van der Waals surface area contributed by atoms with Gasteiger partial charge in [0.15, 0.2) is 0 Å². The van der Waals surface area contributed by atoms with E-state index in [2.05, 4.69) is 4.72 Å². The number of halogens is 1. The van der Waals surface area contributed by atoms with E-state index in [0.717, 1.165) is 24.1 Å². The number of hydrogen-bond donors (Lipinski definition) is 1. The number of hydrogen-bond acceptors (Lipinski definition) is 3. The molecule has 2 aromatic rings. The van der Waals surface area contributed by atoms with Gasteiger partial charge in [0.05, 0.1) is 4.90 Å². The van der Waals surface area contributed by atoms with E-state index in [1.807, 2.05) is 18.2 Å². The molecule has 3 fully saturated rings. The monoisotopic (exact) mass is 478 g/mol. The Balaban J connectivity index is 1.29. The first-order valence-electron chi connectivity index (χ1n) is 12.2. The lowest BCUT2D eigenvalue weighted by molar-refractivity contribution is 0.0980. The molecule has 6 rings (SSSR count). The van der Waals surface area contributed by atoms with Gasteiger partial charge in [0.25, 0.3) is 5.91 Å². The number of sulfonamides is 1. The number of amides is 1. The Morgan fingerprint density at radius 3 is 2.41 bits per heavy atom. The third-order valence-corrected chi connectivity index (χ3v) is 10.1. The minimum Gasteiger partial charge on any atom is -0.307 e. The minimum absolute atomic E-state index is 0.0282. The quantitative estimate of drug-likeness (QED) is 0.685. The number of anilines is 1. The zero-order valence-corrected chi connectivity index (χ0v) is 19.9. The lowest BCUT2D eigenvalue weighted by Crippen LogP contribution is -2.45. The molecule has 3 saturated carbocycles. The molecule has 5 nitrogen and oxygen atoms in total. The summed E-state index contributed by atoms with van der Waals surface area (Å²) in [7, 11) is 2.32. The maximum Gasteiger partial charge on any atom is 0.258 e. The van der Waals surface area contributed by atoms with Crippen LogP contribution in [0.3, 0.4) is 0 Å². The van der Waals surface area contributed by atoms with E-state index in [1.54, 1.807) is 17.0 Å². The molecule has 0 atom stereocenters. The van der Waals surface area contributed by atoms with E-state index in [9.17, 15) is 17.6 Å². The highest BCUT2D eigenvalue weighted by molar-refractivity contribution is 7.89. The molecule has 1 aliphatic heterocycles. The third-order valence-electron chi connectivity index (χ3n) is 8.61. The van der Waals surface area contributed by atoms with Gasteiger partial charge in [-0.1, -0.05) is 23.7 Å². The number of carbonyl (C=O) groups excluding carboxylic acids is 1. The summed E-state index contributed by atoms with van der Waals surface area (Å²) >= 11 is 0. The molecule has 0 bridgehead atoms. The van der Waals surface area contributed by atoms with Gasteiger partial charge in [0.1, 0.15) is 14.0 Å². The lowest BCUT2D eigenvalue weighted by Gasteiger charge is -2.38. The molecule has 2 spiro atoms. The Morgan fingerprint density at radius 2 is 1.74 bits per heavy atom. The summed E-state index contributed by atoms with van der Waals surface area (Å²) < 4.78 is 41.3. The standard InChI is InChI=1S/C26H28BFN2O3S/c27-18-4-5-23-22(13-18)26(10-8-25(6-7-25)9-11-26)16-30(23)24(31)17-2-1-3-21(12-17)34(32,33)29-20-14-19(28)15-20/h1-5,12-13,19-20,29H,6-11,14-16H2. The Kier molecular flexibility index (Phi) is 5.02. The first kappa shape index (κ1) is 22.3. The molecule has 4 aliphatic rings. The lowest BCUT2D eigenvalue weighted by atomic mass is 9.66. The molecular weight excluding hydrogens is 450 g/mol. The van der Waals surface area contributed by atoms with E-state index in [1.165, 1.54) is 37.8 Å². The van der Waals surface area contributed by atoms with Crippen LogP contribution < -0.4 is 15.1 Å². The zero-order chi connectivity index (χ0) is 23.7. The van der Waals surface area contributed by atoms with Crippen LogP contribution in [-0.4, -0.2) is 40.9 Å². The van der Waals surface area contributed by atoms with Gasteiger partial charge in [-0.25, -0.2) is 17.5 Å². The first-order chi connectivity index (χ1) is 16.2. The summed E-state index contributed by atoms with van der Waals surface area (Å²) in [4.78, 5) is 15.5. The van der Waals surface area contributed by atoms with Crippen LogP contribution in [0.2, 0.25) is 0 Å². The molecule has 176 valence electrons. The molecule has 34 heavy (non-hydrogen) atoms. The smallest absolute Gasteiger partial charge is 0.258 e. The van der Waals surface area contributed by atoms with Crippen LogP contribution in [0.15, 0.2) is 47.4 Å². The van der Waals surface area contributed by atoms with E-state index >= 15 is 0 Å². The van der Waals surface area contributed by atoms with Crippen molar-refractivity contribution >= 4 is 34.9 Å². The highest BCUT2D eigenvalue weighted by Crippen LogP contribution is 2.62. The van der Waals surface area contributed by atoms with Crippen LogP contribution in [0.4, 0.5) is 10.1 Å². The molecule has 3 aliphatic carbocycles. The normalized spacial score (nSPS) is 26.3. The second kappa shape index (κ2) is 7.66. The van der Waals surface area contributed by atoms with E-state index in [-0.39, 0.29) is 29.1 Å². The molecule has 0 unspecified atom stereocenters. The average molecular weight is 478 g/mol. The Bertz CT molecular complexity index is 1260. The summed E-state index contributed by atoms with van der Waals surface area (Å²) in [6.45, 7) is 0.593. The predicted octanol–water partition coefficient (Wildman–Crippen LogP) is 3.51. The number of rotatable bonds is 4. The van der Waals surface area contributed by atoms with Gasteiger partial charge in [-0.05, 0) is 86.6 Å². The minimum atomic E-state index is -3.83. The van der Waals surface area contributed by atoms with Crippen molar-refractivity contribution in [1.29, 1.82) is 0 Å². The van der Waals surface area contributed by atoms with E-state index < -0.39 is 22.2 Å². The van der Waals surface area contributed by atoms with E-state index in [4.69, 9.17) is 7.85 Å². The second-order valence-electron chi connectivity index (χ2n) is 10.9. The highest BCUT2D eigenvalue weighted by atomic mass is 32.2. The van der Waals surface area contributed by atoms with Crippen molar-refractivity contribution < 1.29 is 17.6 Å². The third kappa shape index (κ3) is 3.70. The average Bonchev–Trinajstić information content (AvgIpc) is 3.50. The summed E-state index contributed by atoms with van der Waals surface area (Å²) in [6.07, 6.45) is 6.52. The van der Waals surface area contributed by atoms with Gasteiger partial charge < -0.3 is 4.90 Å². The molecule has 1 amide bonds. The van der Waals surface area contributed by atoms with Gasteiger partial charge in [-0.2, -0.15) is 0 Å². The Morgan fingerprint density at radius 1 is 1.03 bits per heavy atom. The fraction of sp³-hybridized carbons (Fsp3) is 0.500. The number of nitrogens with zero attached hydrogens (tertiary/aromatic N) is 1. The fourth-order valence-corrected chi connectivity index (χ4v) is 7.42. The molecule has 1 heterocycles. The van der Waals surface area contributed by atoms with Crippen LogP contribution in [0.5, 0.6) is 0 Å². The van der Waals surface area contributed by atoms with Crippen LogP contribution >= 0.6 is 0 Å². The van der Waals surface area contributed by atoms with Crippen molar-refractivity contribution in [1.82, 2.24) is 4.72 Å². The van der Waals surface area contributed by atoms with Crippen molar-refractivity contribution in [3.05, 3.63) is 53.6 Å². The summed E-state index contributed by atoms with van der Waals surface area (Å²) in [5.41, 5.74) is 3.49. The Labute approximate surface area is 201 Å². The molecule has 0 aromatic heterocycles. The zero-order valence-electron chi connectivity index (χ0n) is 19.1. The number of carbonyl (C=O) groups is 1. The van der Waals surface area contributed by atoms with Gasteiger partial charge in [0, 0.05) is 29.3 Å². The van der Waals surface area contributed by atoms with Crippen LogP contribution in [0.25, 0.3) is 0 Å². The Hall–Kier alpha value is -2.19. The molecular formula is C26H28BFN2O3S. The summed E-state index contributed by atoms with van der Waals surface area (Å²) in [5.74, 6) is -0.209. The second-order valence-corrected chi connectivity index (χ2v) is 12.6. The van der Waals surface area contributed by atoms with Crippen molar-refractivity contribution in [2.24, 2.45) is 5.41 Å². The number of nitrogens with one attached hydrogen (secondary N) is 1. The van der Waals surface area contributed by atoms with Crippen LogP contribution in [0, 0.1) is 5.41 Å². The maximum absolute atomic E-state index is 13.7. The van der Waals surface area contributed by atoms with Crippen molar-refractivity contribution in [3.63, 3.8) is 0 Å². The number of benzene rings is 2. The fourth-order valence-electron chi connectivity index (χ4n) is 6.12. The maximum atomic E-state index is 13.7. The van der Waals surface area contributed by atoms with Crippen molar-refractivity contribution in [2.45, 2.75) is 73.9 Å². The van der Waals surface area contributed by atoms with Crippen LogP contribution in [0.1, 0.15) is 67.3 Å². The van der Waals surface area contributed by atoms with Gasteiger partial charge >= 0.3 is 0 Å². The topological polar surface area (TPSA) is 66.5 Å². The van der Waals surface area contributed by atoms with Gasteiger partial charge in [-0.3, -0.25) is 4.79 Å².